The van der Waals surface area contributed by atoms with Crippen LogP contribution in [0.5, 0.6) is 0 Å². The van der Waals surface area contributed by atoms with Crippen molar-refractivity contribution < 1.29 is 9.53 Å². The summed E-state index contributed by atoms with van der Waals surface area (Å²) < 4.78 is 4.76. The van der Waals surface area contributed by atoms with Gasteiger partial charge in [-0.1, -0.05) is 12.1 Å². The molecule has 2 rings (SSSR count). The van der Waals surface area contributed by atoms with Crippen molar-refractivity contribution in [1.29, 1.82) is 0 Å². The third-order valence-corrected chi connectivity index (χ3v) is 5.02. The molecule has 1 saturated carbocycles. The quantitative estimate of drug-likeness (QED) is 0.642. The summed E-state index contributed by atoms with van der Waals surface area (Å²) in [7, 11) is 1.46. The molecule has 0 aromatic heterocycles. The second kappa shape index (κ2) is 5.97. The Hall–Kier alpha value is -1.00. The summed E-state index contributed by atoms with van der Waals surface area (Å²) in [6.45, 7) is 1.98. The van der Waals surface area contributed by atoms with E-state index in [2.05, 4.69) is 24.3 Å². The Balaban J connectivity index is 1.87. The minimum atomic E-state index is -0.0922. The minimum absolute atomic E-state index is 0.0770. The number of rotatable bonds is 6. The van der Waals surface area contributed by atoms with E-state index in [9.17, 15) is 4.79 Å². The molecule has 3 nitrogen and oxygen atoms in total. The average Bonchev–Trinajstić information content (AvgIpc) is 3.17. The molecule has 0 spiro atoms. The first-order chi connectivity index (χ1) is 9.04. The lowest BCUT2D eigenvalue weighted by atomic mass is 10.1. The summed E-state index contributed by atoms with van der Waals surface area (Å²) in [5, 5.41) is 0. The Morgan fingerprint density at radius 1 is 1.42 bits per heavy atom. The molecule has 1 unspecified atom stereocenters. The highest BCUT2D eigenvalue weighted by molar-refractivity contribution is 7.99. The van der Waals surface area contributed by atoms with Crippen LogP contribution in [0.4, 0.5) is 0 Å². The van der Waals surface area contributed by atoms with Gasteiger partial charge in [0.1, 0.15) is 0 Å². The first kappa shape index (κ1) is 14.4. The SMILES string of the molecule is COC(=O)CC1(CSc2ccc(C(C)N)cc2)CC1. The third kappa shape index (κ3) is 3.98. The molecule has 0 heterocycles. The Morgan fingerprint density at radius 3 is 2.53 bits per heavy atom. The topological polar surface area (TPSA) is 52.3 Å². The van der Waals surface area contributed by atoms with Gasteiger partial charge < -0.3 is 10.5 Å². The molecule has 1 aliphatic carbocycles. The molecule has 0 aliphatic heterocycles. The molecule has 4 heteroatoms. The average molecular weight is 279 g/mol. The van der Waals surface area contributed by atoms with Crippen molar-refractivity contribution in [1.82, 2.24) is 0 Å². The molecule has 1 fully saturated rings. The maximum Gasteiger partial charge on any atom is 0.306 e. The van der Waals surface area contributed by atoms with Gasteiger partial charge in [-0.25, -0.2) is 0 Å². The standard InChI is InChI=1S/C15H21NO2S/c1-11(16)12-3-5-13(6-4-12)19-10-15(7-8-15)9-14(17)18-2/h3-6,11H,7-10,16H2,1-2H3. The molecule has 0 bridgehead atoms. The Kier molecular flexibility index (Phi) is 4.53. The predicted molar refractivity (Wildman–Crippen MR) is 78.1 cm³/mol. The van der Waals surface area contributed by atoms with Crippen LogP contribution in [0.2, 0.25) is 0 Å². The summed E-state index contributed by atoms with van der Waals surface area (Å²) in [5.74, 6) is 0.894. The van der Waals surface area contributed by atoms with Crippen molar-refractivity contribution in [3.8, 4) is 0 Å². The van der Waals surface area contributed by atoms with E-state index in [1.54, 1.807) is 0 Å². The lowest BCUT2D eigenvalue weighted by molar-refractivity contribution is -0.141. The lowest BCUT2D eigenvalue weighted by Gasteiger charge is -2.13. The highest BCUT2D eigenvalue weighted by Crippen LogP contribution is 2.52. The van der Waals surface area contributed by atoms with Gasteiger partial charge in [-0.05, 0) is 42.9 Å². The normalized spacial score (nSPS) is 17.8. The van der Waals surface area contributed by atoms with Crippen molar-refractivity contribution >= 4 is 17.7 Å². The Morgan fingerprint density at radius 2 is 2.05 bits per heavy atom. The van der Waals surface area contributed by atoms with E-state index in [4.69, 9.17) is 10.5 Å². The zero-order valence-corrected chi connectivity index (χ0v) is 12.3. The number of benzene rings is 1. The van der Waals surface area contributed by atoms with Crippen LogP contribution >= 0.6 is 11.8 Å². The highest BCUT2D eigenvalue weighted by Gasteiger charge is 2.44. The number of esters is 1. The van der Waals surface area contributed by atoms with E-state index in [-0.39, 0.29) is 17.4 Å². The molecule has 1 aromatic carbocycles. The second-order valence-electron chi connectivity index (χ2n) is 5.40. The van der Waals surface area contributed by atoms with E-state index < -0.39 is 0 Å². The molecule has 0 saturated heterocycles. The summed E-state index contributed by atoms with van der Waals surface area (Å²) >= 11 is 1.81. The van der Waals surface area contributed by atoms with Crippen LogP contribution in [-0.2, 0) is 9.53 Å². The van der Waals surface area contributed by atoms with E-state index in [1.165, 1.54) is 12.0 Å². The van der Waals surface area contributed by atoms with E-state index in [1.807, 2.05) is 18.7 Å². The maximum absolute atomic E-state index is 11.4. The largest absolute Gasteiger partial charge is 0.469 e. The zero-order chi connectivity index (χ0) is 13.9. The van der Waals surface area contributed by atoms with E-state index in [0.29, 0.717) is 6.42 Å². The molecule has 19 heavy (non-hydrogen) atoms. The van der Waals surface area contributed by atoms with Crippen LogP contribution < -0.4 is 5.73 Å². The molecule has 0 amide bonds. The minimum Gasteiger partial charge on any atom is -0.469 e. The molecule has 0 radical (unpaired) electrons. The highest BCUT2D eigenvalue weighted by atomic mass is 32.2. The number of thioether (sulfide) groups is 1. The smallest absolute Gasteiger partial charge is 0.306 e. The van der Waals surface area contributed by atoms with Gasteiger partial charge in [0.25, 0.3) is 0 Å². The number of hydrogen-bond acceptors (Lipinski definition) is 4. The van der Waals surface area contributed by atoms with Gasteiger partial charge in [0.15, 0.2) is 0 Å². The number of nitrogens with two attached hydrogens (primary N) is 1. The van der Waals surface area contributed by atoms with Crippen molar-refractivity contribution in [3.05, 3.63) is 29.8 Å². The van der Waals surface area contributed by atoms with Crippen LogP contribution in [0.3, 0.4) is 0 Å². The molecule has 1 aromatic rings. The first-order valence-electron chi connectivity index (χ1n) is 6.60. The van der Waals surface area contributed by atoms with Gasteiger partial charge in [0.05, 0.1) is 13.5 Å². The fourth-order valence-corrected chi connectivity index (χ4v) is 3.22. The summed E-state index contributed by atoms with van der Waals surface area (Å²) in [6.07, 6.45) is 2.81. The van der Waals surface area contributed by atoms with Crippen LogP contribution in [0.1, 0.15) is 37.8 Å². The Bertz CT molecular complexity index is 438. The summed E-state index contributed by atoms with van der Waals surface area (Å²) in [4.78, 5) is 12.6. The van der Waals surface area contributed by atoms with Gasteiger partial charge in [0.2, 0.25) is 0 Å². The van der Waals surface area contributed by atoms with Crippen LogP contribution in [0.15, 0.2) is 29.2 Å². The van der Waals surface area contributed by atoms with Crippen LogP contribution in [0, 0.1) is 5.41 Å². The van der Waals surface area contributed by atoms with Crippen molar-refractivity contribution in [3.63, 3.8) is 0 Å². The van der Waals surface area contributed by atoms with Gasteiger partial charge in [-0.3, -0.25) is 4.79 Å². The third-order valence-electron chi connectivity index (χ3n) is 3.66. The van der Waals surface area contributed by atoms with Gasteiger partial charge in [0, 0.05) is 16.7 Å². The number of carbonyl (C=O) groups is 1. The zero-order valence-electron chi connectivity index (χ0n) is 11.5. The molecule has 1 aliphatic rings. The van der Waals surface area contributed by atoms with E-state index in [0.717, 1.165) is 24.2 Å². The molecule has 2 N–H and O–H groups in total. The van der Waals surface area contributed by atoms with E-state index >= 15 is 0 Å². The fourth-order valence-electron chi connectivity index (χ4n) is 2.03. The van der Waals surface area contributed by atoms with Crippen LogP contribution in [-0.4, -0.2) is 18.8 Å². The number of ether oxygens (including phenoxy) is 1. The molecular weight excluding hydrogens is 258 g/mol. The van der Waals surface area contributed by atoms with Crippen molar-refractivity contribution in [2.24, 2.45) is 11.1 Å². The van der Waals surface area contributed by atoms with Crippen molar-refractivity contribution in [2.45, 2.75) is 37.1 Å². The number of hydrogen-bond donors (Lipinski definition) is 1. The molecular formula is C15H21NO2S. The van der Waals surface area contributed by atoms with Gasteiger partial charge >= 0.3 is 5.97 Å². The first-order valence-corrected chi connectivity index (χ1v) is 7.58. The number of methoxy groups -OCH3 is 1. The van der Waals surface area contributed by atoms with Crippen LogP contribution in [0.25, 0.3) is 0 Å². The Labute approximate surface area is 118 Å². The monoisotopic (exact) mass is 279 g/mol. The summed E-state index contributed by atoms with van der Waals surface area (Å²) in [6, 6.07) is 8.45. The summed E-state index contributed by atoms with van der Waals surface area (Å²) in [5.41, 5.74) is 7.16. The predicted octanol–water partition coefficient (Wildman–Crippen LogP) is 3.14. The van der Waals surface area contributed by atoms with Gasteiger partial charge in [-0.15, -0.1) is 11.8 Å². The van der Waals surface area contributed by atoms with Crippen molar-refractivity contribution in [2.75, 3.05) is 12.9 Å². The second-order valence-corrected chi connectivity index (χ2v) is 6.45. The number of carbonyl (C=O) groups excluding carboxylic acids is 1. The maximum atomic E-state index is 11.4. The van der Waals surface area contributed by atoms with Gasteiger partial charge in [-0.2, -0.15) is 0 Å². The fraction of sp³-hybridized carbons (Fsp3) is 0.533. The molecule has 104 valence electrons. The lowest BCUT2D eigenvalue weighted by Crippen LogP contribution is -2.13. The molecule has 1 atom stereocenters.